The van der Waals surface area contributed by atoms with Gasteiger partial charge in [-0.2, -0.15) is 13.2 Å². The zero-order valence-electron chi connectivity index (χ0n) is 16.2. The van der Waals surface area contributed by atoms with E-state index in [0.717, 1.165) is 10.8 Å². The van der Waals surface area contributed by atoms with Crippen molar-refractivity contribution in [2.75, 3.05) is 7.11 Å². The van der Waals surface area contributed by atoms with Gasteiger partial charge in [-0.15, -0.1) is 0 Å². The quantitative estimate of drug-likeness (QED) is 0.486. The highest BCUT2D eigenvalue weighted by Crippen LogP contribution is 2.39. The summed E-state index contributed by atoms with van der Waals surface area (Å²) in [5.41, 5.74) is 0.771. The second-order valence-corrected chi connectivity index (χ2v) is 7.74. The van der Waals surface area contributed by atoms with Crippen molar-refractivity contribution in [1.29, 1.82) is 0 Å². The lowest BCUT2D eigenvalue weighted by Crippen LogP contribution is -2.16. The molecule has 0 N–H and O–H groups in total. The summed E-state index contributed by atoms with van der Waals surface area (Å²) < 4.78 is 48.0. The molecule has 4 rings (SSSR count). The minimum Gasteiger partial charge on any atom is -0.469 e. The van der Waals surface area contributed by atoms with E-state index in [1.807, 2.05) is 0 Å². The lowest BCUT2D eigenvalue weighted by Gasteiger charge is -2.17. The van der Waals surface area contributed by atoms with E-state index >= 15 is 0 Å². The first-order valence-electron chi connectivity index (χ1n) is 9.30. The molecule has 1 aliphatic rings. The number of imidazole rings is 1. The molecule has 6 nitrogen and oxygen atoms in total. The van der Waals surface area contributed by atoms with E-state index in [0.29, 0.717) is 21.4 Å². The largest absolute Gasteiger partial charge is 0.469 e. The van der Waals surface area contributed by atoms with E-state index < -0.39 is 23.9 Å². The summed E-state index contributed by atoms with van der Waals surface area (Å²) in [6.45, 7) is 0. The van der Waals surface area contributed by atoms with Gasteiger partial charge in [-0.3, -0.25) is 19.3 Å². The van der Waals surface area contributed by atoms with Crippen molar-refractivity contribution < 1.29 is 22.7 Å². The number of hydrogen-bond acceptors (Lipinski definition) is 5. The van der Waals surface area contributed by atoms with Gasteiger partial charge in [-0.05, 0) is 36.8 Å². The lowest BCUT2D eigenvalue weighted by atomic mass is 10.0. The minimum absolute atomic E-state index is 0.0194. The Morgan fingerprint density at radius 2 is 2.03 bits per heavy atom. The molecule has 3 heterocycles. The zero-order valence-corrected chi connectivity index (χ0v) is 17.8. The fraction of sp³-hybridized carbons (Fsp3) is 0.238. The predicted octanol–water partition coefficient (Wildman–Crippen LogP) is 4.89. The smallest absolute Gasteiger partial charge is 0.433 e. The van der Waals surface area contributed by atoms with Crippen LogP contribution in [-0.4, -0.2) is 33.3 Å². The van der Waals surface area contributed by atoms with Gasteiger partial charge in [0.15, 0.2) is 0 Å². The number of aliphatic imine (C=N–C) groups is 1. The van der Waals surface area contributed by atoms with Crippen LogP contribution in [0.25, 0.3) is 5.69 Å². The molecule has 1 unspecified atom stereocenters. The van der Waals surface area contributed by atoms with Gasteiger partial charge in [0, 0.05) is 22.7 Å². The third-order valence-corrected chi connectivity index (χ3v) is 5.37. The summed E-state index contributed by atoms with van der Waals surface area (Å²) in [6.07, 6.45) is -2.13. The topological polar surface area (TPSA) is 69.4 Å². The predicted molar refractivity (Wildman–Crippen MR) is 110 cm³/mol. The SMILES string of the molecule is COC(=O)CCC1N=C(c2ccccn2)c2cc(Br)ccc2-n2c(C(F)(F)F)cnc21. The van der Waals surface area contributed by atoms with Gasteiger partial charge in [-0.25, -0.2) is 4.98 Å². The van der Waals surface area contributed by atoms with Crippen LogP contribution in [0.3, 0.4) is 0 Å². The maximum atomic E-state index is 13.8. The third kappa shape index (κ3) is 4.12. The Morgan fingerprint density at radius 1 is 1.23 bits per heavy atom. The van der Waals surface area contributed by atoms with Gasteiger partial charge < -0.3 is 4.74 Å². The van der Waals surface area contributed by atoms with Gasteiger partial charge in [0.25, 0.3) is 0 Å². The number of carbonyl (C=O) groups excluding carboxylic acids is 1. The molecule has 0 bridgehead atoms. The molecule has 0 saturated carbocycles. The number of aromatic nitrogens is 3. The number of fused-ring (bicyclic) bond motifs is 3. The van der Waals surface area contributed by atoms with Crippen molar-refractivity contribution >= 4 is 27.6 Å². The molecule has 0 spiro atoms. The molecule has 0 radical (unpaired) electrons. The van der Waals surface area contributed by atoms with E-state index in [1.165, 1.54) is 7.11 Å². The molecule has 160 valence electrons. The van der Waals surface area contributed by atoms with E-state index in [1.54, 1.807) is 42.6 Å². The Morgan fingerprint density at radius 3 is 2.71 bits per heavy atom. The molecule has 0 aliphatic carbocycles. The Hall–Kier alpha value is -3.01. The van der Waals surface area contributed by atoms with Gasteiger partial charge in [0.05, 0.1) is 30.4 Å². The van der Waals surface area contributed by atoms with Crippen LogP contribution in [0.1, 0.15) is 41.7 Å². The number of esters is 1. The first kappa shape index (κ1) is 21.2. The Labute approximate surface area is 183 Å². The summed E-state index contributed by atoms with van der Waals surface area (Å²) in [7, 11) is 1.26. The fourth-order valence-corrected chi connectivity index (χ4v) is 3.85. The number of nitrogens with zero attached hydrogens (tertiary/aromatic N) is 4. The Balaban J connectivity index is 1.98. The molecule has 31 heavy (non-hydrogen) atoms. The molecule has 1 aromatic carbocycles. The van der Waals surface area contributed by atoms with Crippen molar-refractivity contribution in [3.8, 4) is 5.69 Å². The van der Waals surface area contributed by atoms with Crippen LogP contribution in [0.15, 0.2) is 58.3 Å². The molecule has 1 atom stereocenters. The van der Waals surface area contributed by atoms with Crippen molar-refractivity contribution in [2.45, 2.75) is 25.1 Å². The van der Waals surface area contributed by atoms with Crippen molar-refractivity contribution in [3.05, 3.63) is 76.0 Å². The van der Waals surface area contributed by atoms with Gasteiger partial charge in [0.1, 0.15) is 17.6 Å². The van der Waals surface area contributed by atoms with Crippen LogP contribution in [0.2, 0.25) is 0 Å². The fourth-order valence-electron chi connectivity index (χ4n) is 3.49. The van der Waals surface area contributed by atoms with E-state index in [4.69, 9.17) is 9.73 Å². The lowest BCUT2D eigenvalue weighted by molar-refractivity contribution is -0.143. The second-order valence-electron chi connectivity index (χ2n) is 6.82. The summed E-state index contributed by atoms with van der Waals surface area (Å²) in [5.74, 6) is -0.376. The van der Waals surface area contributed by atoms with E-state index in [2.05, 4.69) is 25.9 Å². The van der Waals surface area contributed by atoms with Gasteiger partial charge in [0.2, 0.25) is 0 Å². The number of carbonyl (C=O) groups is 1. The van der Waals surface area contributed by atoms with Crippen LogP contribution in [0.4, 0.5) is 13.2 Å². The number of benzene rings is 1. The molecule has 1 aliphatic heterocycles. The number of halogens is 4. The van der Waals surface area contributed by atoms with Crippen LogP contribution in [0.5, 0.6) is 0 Å². The van der Waals surface area contributed by atoms with Crippen molar-refractivity contribution in [2.24, 2.45) is 4.99 Å². The summed E-state index contributed by atoms with van der Waals surface area (Å²) in [5, 5.41) is 0. The molecule has 10 heteroatoms. The summed E-state index contributed by atoms with van der Waals surface area (Å²) in [6, 6.07) is 9.39. The molecule has 0 saturated heterocycles. The first-order valence-corrected chi connectivity index (χ1v) is 10.1. The van der Waals surface area contributed by atoms with E-state index in [9.17, 15) is 18.0 Å². The number of rotatable bonds is 4. The Kier molecular flexibility index (Phi) is 5.65. The average Bonchev–Trinajstić information content (AvgIpc) is 3.15. The molecular weight excluding hydrogens is 477 g/mol. The molecular formula is C21H16BrF3N4O2. The van der Waals surface area contributed by atoms with Crippen LogP contribution < -0.4 is 0 Å². The zero-order chi connectivity index (χ0) is 22.2. The van der Waals surface area contributed by atoms with Gasteiger partial charge >= 0.3 is 12.1 Å². The molecule has 0 amide bonds. The molecule has 3 aromatic rings. The highest BCUT2D eigenvalue weighted by atomic mass is 79.9. The average molecular weight is 493 g/mol. The van der Waals surface area contributed by atoms with Gasteiger partial charge in [-0.1, -0.05) is 22.0 Å². The van der Waals surface area contributed by atoms with Crippen LogP contribution in [0, 0.1) is 0 Å². The first-order chi connectivity index (χ1) is 14.8. The molecule has 0 fully saturated rings. The van der Waals surface area contributed by atoms with Crippen LogP contribution in [-0.2, 0) is 15.7 Å². The summed E-state index contributed by atoms with van der Waals surface area (Å²) in [4.78, 5) is 24.9. The number of ether oxygens (including phenoxy) is 1. The van der Waals surface area contributed by atoms with E-state index in [-0.39, 0.29) is 24.4 Å². The minimum atomic E-state index is -4.63. The summed E-state index contributed by atoms with van der Waals surface area (Å²) >= 11 is 3.40. The third-order valence-electron chi connectivity index (χ3n) is 4.87. The maximum absolute atomic E-state index is 13.8. The Bertz CT molecular complexity index is 1160. The normalized spacial score (nSPS) is 15.5. The van der Waals surface area contributed by atoms with Crippen LogP contribution >= 0.6 is 15.9 Å². The maximum Gasteiger partial charge on any atom is 0.433 e. The molecule has 2 aromatic heterocycles. The van der Waals surface area contributed by atoms with Crippen molar-refractivity contribution in [1.82, 2.24) is 14.5 Å². The number of pyridine rings is 1. The standard InChI is InChI=1S/C21H16BrF3N4O2/c1-31-18(30)8-6-15-20-27-11-17(21(23,24)25)29(20)16-7-5-12(22)10-13(16)19(28-15)14-4-2-3-9-26-14/h2-5,7,9-11,15H,6,8H2,1H3. The second kappa shape index (κ2) is 8.26. The number of alkyl halides is 3. The highest BCUT2D eigenvalue weighted by molar-refractivity contribution is 9.10. The number of methoxy groups -OCH3 is 1. The van der Waals surface area contributed by atoms with Crippen molar-refractivity contribution in [3.63, 3.8) is 0 Å². The highest BCUT2D eigenvalue weighted by Gasteiger charge is 2.39. The monoisotopic (exact) mass is 492 g/mol. The number of hydrogen-bond donors (Lipinski definition) is 0.